The van der Waals surface area contributed by atoms with Gasteiger partial charge in [0.2, 0.25) is 0 Å². The molecule has 0 saturated heterocycles. The summed E-state index contributed by atoms with van der Waals surface area (Å²) in [6, 6.07) is 7.24. The molecular formula is C17H22O3. The number of benzene rings is 1. The van der Waals surface area contributed by atoms with E-state index in [0.717, 1.165) is 12.0 Å². The summed E-state index contributed by atoms with van der Waals surface area (Å²) in [6.07, 6.45) is 1.85. The maximum atomic E-state index is 12.3. The van der Waals surface area contributed by atoms with Crippen molar-refractivity contribution in [2.45, 2.75) is 40.0 Å². The Bertz CT molecular complexity index is 510. The minimum absolute atomic E-state index is 0.108. The Morgan fingerprint density at radius 2 is 1.70 bits per heavy atom. The first-order chi connectivity index (χ1) is 9.63. The van der Waals surface area contributed by atoms with Crippen molar-refractivity contribution in [1.82, 2.24) is 0 Å². The van der Waals surface area contributed by atoms with Gasteiger partial charge >= 0.3 is 0 Å². The molecule has 0 aromatic heterocycles. The third-order valence-corrected chi connectivity index (χ3v) is 3.15. The number of carbonyl (C=O) groups excluding carboxylic acids is 2. The lowest BCUT2D eigenvalue weighted by atomic mass is 9.90. The van der Waals surface area contributed by atoms with Crippen LogP contribution in [0.3, 0.4) is 0 Å². The lowest BCUT2D eigenvalue weighted by Gasteiger charge is -2.17. The Morgan fingerprint density at radius 1 is 1.10 bits per heavy atom. The number of aryl methyl sites for hydroxylation is 1. The molecule has 0 radical (unpaired) electrons. The molecule has 0 saturated carbocycles. The quantitative estimate of drug-likeness (QED) is 0.621. The van der Waals surface area contributed by atoms with Crippen LogP contribution in [0.2, 0.25) is 0 Å². The highest BCUT2D eigenvalue weighted by Gasteiger charge is 2.27. The number of allylic oxidation sites excluding steroid dienone is 2. The second-order valence-corrected chi connectivity index (χ2v) is 4.47. The zero-order valence-electron chi connectivity index (χ0n) is 12.7. The summed E-state index contributed by atoms with van der Waals surface area (Å²) < 4.78 is 5.18. The van der Waals surface area contributed by atoms with Gasteiger partial charge in [-0.2, -0.15) is 0 Å². The molecule has 20 heavy (non-hydrogen) atoms. The van der Waals surface area contributed by atoms with E-state index in [-0.39, 0.29) is 17.1 Å². The predicted molar refractivity (Wildman–Crippen MR) is 79.8 cm³/mol. The molecule has 0 bridgehead atoms. The second-order valence-electron chi connectivity index (χ2n) is 4.47. The van der Waals surface area contributed by atoms with Crippen molar-refractivity contribution in [3.63, 3.8) is 0 Å². The molecule has 0 aliphatic heterocycles. The summed E-state index contributed by atoms with van der Waals surface area (Å²) in [7, 11) is 1.51. The van der Waals surface area contributed by atoms with E-state index in [0.29, 0.717) is 24.2 Å². The van der Waals surface area contributed by atoms with Crippen molar-refractivity contribution in [2.24, 2.45) is 0 Å². The highest BCUT2D eigenvalue weighted by Crippen LogP contribution is 2.25. The van der Waals surface area contributed by atoms with Gasteiger partial charge in [-0.15, -0.1) is 0 Å². The summed E-state index contributed by atoms with van der Waals surface area (Å²) in [6.45, 7) is 5.96. The SMILES string of the molecule is CC.COC1=C(C(=O)c2ccc(C)cc2)C(=O)CCC1. The normalized spacial score (nSPS) is 14.5. The fourth-order valence-electron chi connectivity index (χ4n) is 2.12. The molecule has 0 spiro atoms. The molecule has 3 nitrogen and oxygen atoms in total. The number of Topliss-reactive ketones (excluding diaryl/α,β-unsaturated/α-hetero) is 2. The molecule has 2 rings (SSSR count). The smallest absolute Gasteiger partial charge is 0.200 e. The first kappa shape index (κ1) is 16.2. The van der Waals surface area contributed by atoms with E-state index in [2.05, 4.69) is 0 Å². The third kappa shape index (κ3) is 3.56. The molecule has 0 heterocycles. The summed E-state index contributed by atoms with van der Waals surface area (Å²) in [5.41, 5.74) is 1.86. The minimum atomic E-state index is -0.225. The lowest BCUT2D eigenvalue weighted by Crippen LogP contribution is -2.20. The lowest BCUT2D eigenvalue weighted by molar-refractivity contribution is -0.116. The van der Waals surface area contributed by atoms with Crippen molar-refractivity contribution in [3.8, 4) is 0 Å². The number of ketones is 2. The molecule has 1 aromatic carbocycles. The Balaban J connectivity index is 0.000000956. The molecule has 0 N–H and O–H groups in total. The van der Waals surface area contributed by atoms with Gasteiger partial charge in [0.25, 0.3) is 0 Å². The number of methoxy groups -OCH3 is 1. The fraction of sp³-hybridized carbons (Fsp3) is 0.412. The van der Waals surface area contributed by atoms with E-state index in [4.69, 9.17) is 4.74 Å². The Labute approximate surface area is 120 Å². The Hall–Kier alpha value is -1.90. The standard InChI is InChI=1S/C15H16O3.C2H6/c1-10-6-8-11(9-7-10)15(17)14-12(16)4-3-5-13(14)18-2;1-2/h6-9H,3-5H2,1-2H3;1-2H3. The number of hydrogen-bond donors (Lipinski definition) is 0. The van der Waals surface area contributed by atoms with Gasteiger partial charge in [-0.3, -0.25) is 9.59 Å². The molecule has 0 fully saturated rings. The molecule has 1 aliphatic carbocycles. The van der Waals surface area contributed by atoms with E-state index in [1.165, 1.54) is 7.11 Å². The zero-order valence-corrected chi connectivity index (χ0v) is 12.7. The van der Waals surface area contributed by atoms with Crippen LogP contribution in [0.4, 0.5) is 0 Å². The minimum Gasteiger partial charge on any atom is -0.500 e. The Kier molecular flexibility index (Phi) is 6.16. The molecule has 0 amide bonds. The van der Waals surface area contributed by atoms with Crippen LogP contribution in [0.5, 0.6) is 0 Å². The van der Waals surface area contributed by atoms with Gasteiger partial charge in [-0.1, -0.05) is 43.7 Å². The van der Waals surface area contributed by atoms with Gasteiger partial charge < -0.3 is 4.74 Å². The van der Waals surface area contributed by atoms with Gasteiger partial charge in [-0.25, -0.2) is 0 Å². The molecule has 0 unspecified atom stereocenters. The molecule has 1 aliphatic rings. The van der Waals surface area contributed by atoms with Gasteiger partial charge in [0.15, 0.2) is 11.6 Å². The maximum Gasteiger partial charge on any atom is 0.200 e. The highest BCUT2D eigenvalue weighted by atomic mass is 16.5. The van der Waals surface area contributed by atoms with E-state index >= 15 is 0 Å². The maximum absolute atomic E-state index is 12.3. The van der Waals surface area contributed by atoms with Gasteiger partial charge in [0.1, 0.15) is 11.3 Å². The molecule has 3 heteroatoms. The third-order valence-electron chi connectivity index (χ3n) is 3.15. The summed E-state index contributed by atoms with van der Waals surface area (Å²) in [5, 5.41) is 0. The van der Waals surface area contributed by atoms with Crippen LogP contribution in [-0.4, -0.2) is 18.7 Å². The van der Waals surface area contributed by atoms with E-state index in [1.807, 2.05) is 32.9 Å². The predicted octanol–water partition coefficient (Wildman–Crippen LogP) is 3.86. The van der Waals surface area contributed by atoms with E-state index in [9.17, 15) is 9.59 Å². The highest BCUT2D eigenvalue weighted by molar-refractivity contribution is 6.26. The first-order valence-corrected chi connectivity index (χ1v) is 7.05. The van der Waals surface area contributed by atoms with Crippen LogP contribution in [0.1, 0.15) is 49.0 Å². The Morgan fingerprint density at radius 3 is 2.25 bits per heavy atom. The van der Waals surface area contributed by atoms with Crippen molar-refractivity contribution in [2.75, 3.05) is 7.11 Å². The van der Waals surface area contributed by atoms with Crippen LogP contribution in [-0.2, 0) is 9.53 Å². The molecule has 1 aromatic rings. The first-order valence-electron chi connectivity index (χ1n) is 7.05. The number of carbonyl (C=O) groups is 2. The molecule has 108 valence electrons. The van der Waals surface area contributed by atoms with E-state index in [1.54, 1.807) is 12.1 Å². The van der Waals surface area contributed by atoms with Gasteiger partial charge in [0.05, 0.1) is 7.11 Å². The fourth-order valence-corrected chi connectivity index (χ4v) is 2.12. The van der Waals surface area contributed by atoms with Crippen LogP contribution in [0.15, 0.2) is 35.6 Å². The summed E-state index contributed by atoms with van der Waals surface area (Å²) in [5.74, 6) is 0.192. The van der Waals surface area contributed by atoms with Crippen LogP contribution in [0, 0.1) is 6.92 Å². The monoisotopic (exact) mass is 274 g/mol. The summed E-state index contributed by atoms with van der Waals surface area (Å²) in [4.78, 5) is 24.2. The van der Waals surface area contributed by atoms with Crippen LogP contribution in [0.25, 0.3) is 0 Å². The zero-order chi connectivity index (χ0) is 15.1. The number of ether oxygens (including phenoxy) is 1. The molecular weight excluding hydrogens is 252 g/mol. The number of rotatable bonds is 3. The average molecular weight is 274 g/mol. The average Bonchev–Trinajstić information content (AvgIpc) is 2.49. The largest absolute Gasteiger partial charge is 0.500 e. The topological polar surface area (TPSA) is 43.4 Å². The van der Waals surface area contributed by atoms with Crippen LogP contribution >= 0.6 is 0 Å². The number of hydrogen-bond acceptors (Lipinski definition) is 3. The van der Waals surface area contributed by atoms with Crippen molar-refractivity contribution < 1.29 is 14.3 Å². The molecule has 0 atom stereocenters. The van der Waals surface area contributed by atoms with E-state index < -0.39 is 0 Å². The second kappa shape index (κ2) is 7.63. The summed E-state index contributed by atoms with van der Waals surface area (Å²) >= 11 is 0. The van der Waals surface area contributed by atoms with Crippen molar-refractivity contribution >= 4 is 11.6 Å². The van der Waals surface area contributed by atoms with Crippen molar-refractivity contribution in [1.29, 1.82) is 0 Å². The van der Waals surface area contributed by atoms with Crippen LogP contribution < -0.4 is 0 Å². The van der Waals surface area contributed by atoms with Crippen molar-refractivity contribution in [3.05, 3.63) is 46.7 Å². The van der Waals surface area contributed by atoms with Gasteiger partial charge in [0, 0.05) is 18.4 Å². The van der Waals surface area contributed by atoms with Gasteiger partial charge in [-0.05, 0) is 13.3 Å².